The van der Waals surface area contributed by atoms with E-state index >= 15 is 0 Å². The van der Waals surface area contributed by atoms with Crippen LogP contribution in [0, 0.1) is 17.0 Å². The van der Waals surface area contributed by atoms with Crippen molar-refractivity contribution in [2.24, 2.45) is 5.73 Å². The van der Waals surface area contributed by atoms with Crippen molar-refractivity contribution in [3.63, 3.8) is 0 Å². The van der Waals surface area contributed by atoms with Crippen molar-refractivity contribution in [3.8, 4) is 0 Å². The highest BCUT2D eigenvalue weighted by Gasteiger charge is 2.17. The van der Waals surface area contributed by atoms with E-state index in [0.29, 0.717) is 18.5 Å². The van der Waals surface area contributed by atoms with Crippen molar-refractivity contribution < 1.29 is 4.92 Å². The first-order chi connectivity index (χ1) is 9.58. The van der Waals surface area contributed by atoms with Gasteiger partial charge in [0, 0.05) is 48.7 Å². The second kappa shape index (κ2) is 5.83. The fraction of sp³-hybridized carbons (Fsp3) is 0.357. The van der Waals surface area contributed by atoms with Crippen molar-refractivity contribution in [2.45, 2.75) is 13.8 Å². The monoisotopic (exact) mass is 274 g/mol. The van der Waals surface area contributed by atoms with Gasteiger partial charge >= 0.3 is 0 Å². The average molecular weight is 274 g/mol. The zero-order chi connectivity index (χ0) is 14.7. The zero-order valence-electron chi connectivity index (χ0n) is 11.7. The minimum Gasteiger partial charge on any atom is -0.370 e. The van der Waals surface area contributed by atoms with Crippen molar-refractivity contribution in [1.29, 1.82) is 0 Å². The number of aryl methyl sites for hydroxylation is 1. The van der Waals surface area contributed by atoms with Crippen LogP contribution in [0.15, 0.2) is 24.4 Å². The van der Waals surface area contributed by atoms with Gasteiger partial charge in [0.2, 0.25) is 0 Å². The van der Waals surface area contributed by atoms with Crippen molar-refractivity contribution >= 4 is 22.1 Å². The lowest BCUT2D eigenvalue weighted by Crippen LogP contribution is -2.29. The normalized spacial score (nSPS) is 10.8. The summed E-state index contributed by atoms with van der Waals surface area (Å²) in [6, 6.07) is 5.21. The molecule has 2 rings (SSSR count). The first-order valence-electron chi connectivity index (χ1n) is 6.57. The van der Waals surface area contributed by atoms with E-state index < -0.39 is 0 Å². The number of likely N-dealkylation sites (N-methyl/N-ethyl adjacent to an activating group) is 1. The number of nitrogens with two attached hydrogens (primary N) is 1. The number of nitro benzene ring substituents is 1. The fourth-order valence-corrected chi connectivity index (χ4v) is 2.35. The summed E-state index contributed by atoms with van der Waals surface area (Å²) in [6.07, 6.45) is 1.57. The lowest BCUT2D eigenvalue weighted by Gasteiger charge is -2.24. The number of benzene rings is 1. The Morgan fingerprint density at radius 3 is 2.75 bits per heavy atom. The van der Waals surface area contributed by atoms with Gasteiger partial charge in [-0.15, -0.1) is 0 Å². The lowest BCUT2D eigenvalue weighted by atomic mass is 10.1. The van der Waals surface area contributed by atoms with Crippen molar-refractivity contribution in [1.82, 2.24) is 4.98 Å². The van der Waals surface area contributed by atoms with Crippen LogP contribution in [0.1, 0.15) is 12.6 Å². The number of hydrogen-bond donors (Lipinski definition) is 1. The Kier molecular flexibility index (Phi) is 4.14. The van der Waals surface area contributed by atoms with Crippen molar-refractivity contribution in [3.05, 3.63) is 40.2 Å². The second-order valence-corrected chi connectivity index (χ2v) is 4.60. The van der Waals surface area contributed by atoms with Gasteiger partial charge in [0.05, 0.1) is 10.3 Å². The Morgan fingerprint density at radius 1 is 1.40 bits per heavy atom. The molecule has 0 aliphatic heterocycles. The van der Waals surface area contributed by atoms with Crippen LogP contribution in [0.4, 0.5) is 11.4 Å². The predicted octanol–water partition coefficient (Wildman–Crippen LogP) is 2.24. The van der Waals surface area contributed by atoms with Gasteiger partial charge in [-0.05, 0) is 26.0 Å². The molecule has 2 N–H and O–H groups in total. The molecule has 1 aromatic carbocycles. The number of pyridine rings is 1. The molecule has 0 spiro atoms. The topological polar surface area (TPSA) is 85.3 Å². The van der Waals surface area contributed by atoms with Gasteiger partial charge in [-0.1, -0.05) is 0 Å². The van der Waals surface area contributed by atoms with Gasteiger partial charge in [-0.2, -0.15) is 0 Å². The molecule has 0 radical (unpaired) electrons. The SMILES string of the molecule is CCN(CCN)c1ccc([N+](=O)[O-])c2cnc(C)cc12. The molecule has 1 aromatic heterocycles. The largest absolute Gasteiger partial charge is 0.370 e. The number of rotatable bonds is 5. The van der Waals surface area contributed by atoms with Crippen LogP contribution in [0.2, 0.25) is 0 Å². The molecule has 0 unspecified atom stereocenters. The van der Waals surface area contributed by atoms with Crippen LogP contribution < -0.4 is 10.6 Å². The van der Waals surface area contributed by atoms with Gasteiger partial charge in [0.15, 0.2) is 0 Å². The first kappa shape index (κ1) is 14.2. The van der Waals surface area contributed by atoms with Gasteiger partial charge in [-0.3, -0.25) is 15.1 Å². The molecule has 1 heterocycles. The minimum absolute atomic E-state index is 0.0834. The molecular formula is C14H18N4O2. The molecular weight excluding hydrogens is 256 g/mol. The summed E-state index contributed by atoms with van der Waals surface area (Å²) in [5, 5.41) is 12.5. The van der Waals surface area contributed by atoms with E-state index in [1.165, 1.54) is 6.07 Å². The average Bonchev–Trinajstić information content (AvgIpc) is 2.43. The third kappa shape index (κ3) is 2.55. The summed E-state index contributed by atoms with van der Waals surface area (Å²) in [5.74, 6) is 0. The van der Waals surface area contributed by atoms with E-state index in [0.717, 1.165) is 23.3 Å². The summed E-state index contributed by atoms with van der Waals surface area (Å²) >= 11 is 0. The summed E-state index contributed by atoms with van der Waals surface area (Å²) in [6.45, 7) is 5.96. The number of nitro groups is 1. The van der Waals surface area contributed by atoms with Crippen LogP contribution in [-0.4, -0.2) is 29.5 Å². The summed E-state index contributed by atoms with van der Waals surface area (Å²) in [5.41, 5.74) is 7.51. The smallest absolute Gasteiger partial charge is 0.278 e. The molecule has 0 aliphatic carbocycles. The molecule has 20 heavy (non-hydrogen) atoms. The highest BCUT2D eigenvalue weighted by Crippen LogP contribution is 2.33. The van der Waals surface area contributed by atoms with E-state index in [9.17, 15) is 10.1 Å². The number of hydrogen-bond acceptors (Lipinski definition) is 5. The Hall–Kier alpha value is -2.21. The van der Waals surface area contributed by atoms with Crippen LogP contribution in [-0.2, 0) is 0 Å². The quantitative estimate of drug-likeness (QED) is 0.667. The van der Waals surface area contributed by atoms with Gasteiger partial charge < -0.3 is 10.6 Å². The van der Waals surface area contributed by atoms with E-state index in [1.54, 1.807) is 12.3 Å². The zero-order valence-corrected chi connectivity index (χ0v) is 11.7. The predicted molar refractivity (Wildman–Crippen MR) is 80.1 cm³/mol. The molecule has 0 aliphatic rings. The summed E-state index contributed by atoms with van der Waals surface area (Å²) in [4.78, 5) is 17.0. The molecule has 2 aromatic rings. The van der Waals surface area contributed by atoms with E-state index in [1.807, 2.05) is 19.9 Å². The Bertz CT molecular complexity index is 642. The number of non-ortho nitro benzene ring substituents is 1. The number of anilines is 1. The van der Waals surface area contributed by atoms with Crippen LogP contribution in [0.3, 0.4) is 0 Å². The minimum atomic E-state index is -0.373. The number of aromatic nitrogens is 1. The first-order valence-corrected chi connectivity index (χ1v) is 6.57. The standard InChI is InChI=1S/C14H18N4O2/c1-3-17(7-6-15)13-4-5-14(18(19)20)12-9-16-10(2)8-11(12)13/h4-5,8-9H,3,6-7,15H2,1-2H3. The Labute approximate surface area is 117 Å². The van der Waals surface area contributed by atoms with Gasteiger partial charge in [0.1, 0.15) is 0 Å². The third-order valence-corrected chi connectivity index (χ3v) is 3.31. The maximum absolute atomic E-state index is 11.1. The highest BCUT2D eigenvalue weighted by molar-refractivity contribution is 5.99. The maximum Gasteiger partial charge on any atom is 0.278 e. The second-order valence-electron chi connectivity index (χ2n) is 4.60. The molecule has 6 heteroatoms. The Morgan fingerprint density at radius 2 is 2.15 bits per heavy atom. The van der Waals surface area contributed by atoms with E-state index in [4.69, 9.17) is 5.73 Å². The molecule has 106 valence electrons. The molecule has 6 nitrogen and oxygen atoms in total. The number of nitrogens with zero attached hydrogens (tertiary/aromatic N) is 3. The fourth-order valence-electron chi connectivity index (χ4n) is 2.35. The van der Waals surface area contributed by atoms with Crippen LogP contribution >= 0.6 is 0 Å². The Balaban J connectivity index is 2.70. The van der Waals surface area contributed by atoms with E-state index in [2.05, 4.69) is 9.88 Å². The van der Waals surface area contributed by atoms with Crippen molar-refractivity contribution in [2.75, 3.05) is 24.5 Å². The molecule has 0 amide bonds. The molecule has 0 atom stereocenters. The summed E-state index contributed by atoms with van der Waals surface area (Å²) in [7, 11) is 0. The van der Waals surface area contributed by atoms with Crippen LogP contribution in [0.5, 0.6) is 0 Å². The molecule has 0 saturated heterocycles. The highest BCUT2D eigenvalue weighted by atomic mass is 16.6. The van der Waals surface area contributed by atoms with Gasteiger partial charge in [0.25, 0.3) is 5.69 Å². The lowest BCUT2D eigenvalue weighted by molar-refractivity contribution is -0.383. The van der Waals surface area contributed by atoms with Crippen LogP contribution in [0.25, 0.3) is 10.8 Å². The van der Waals surface area contributed by atoms with Gasteiger partial charge in [-0.25, -0.2) is 0 Å². The van der Waals surface area contributed by atoms with E-state index in [-0.39, 0.29) is 10.6 Å². The molecule has 0 saturated carbocycles. The molecule has 0 bridgehead atoms. The molecule has 0 fully saturated rings. The number of fused-ring (bicyclic) bond motifs is 1. The summed E-state index contributed by atoms with van der Waals surface area (Å²) < 4.78 is 0. The maximum atomic E-state index is 11.1. The third-order valence-electron chi connectivity index (χ3n) is 3.31.